The zero-order valence-electron chi connectivity index (χ0n) is 16.1. The Kier molecular flexibility index (Phi) is 4.62. The molecule has 0 atom stereocenters. The molecule has 0 radical (unpaired) electrons. The smallest absolute Gasteiger partial charge is 0.332 e. The molecular formula is C19H17N7O4. The van der Waals surface area contributed by atoms with Crippen LogP contribution in [0.3, 0.4) is 0 Å². The van der Waals surface area contributed by atoms with Crippen LogP contribution in [0.15, 0.2) is 52.3 Å². The lowest BCUT2D eigenvalue weighted by atomic mass is 10.1. The molecule has 152 valence electrons. The minimum Gasteiger partial charge on any atom is -0.507 e. The molecule has 11 nitrogen and oxygen atoms in total. The molecule has 0 spiro atoms. The van der Waals surface area contributed by atoms with Crippen molar-refractivity contribution in [3.05, 3.63) is 63.6 Å². The topological polar surface area (TPSA) is 137 Å². The summed E-state index contributed by atoms with van der Waals surface area (Å²) in [6.45, 7) is -0.202. The molecule has 4 rings (SSSR count). The van der Waals surface area contributed by atoms with Gasteiger partial charge >= 0.3 is 5.69 Å². The van der Waals surface area contributed by atoms with E-state index >= 15 is 0 Å². The third-order valence-electron chi connectivity index (χ3n) is 4.64. The summed E-state index contributed by atoms with van der Waals surface area (Å²) in [5.74, 6) is -0.162. The van der Waals surface area contributed by atoms with Crippen LogP contribution in [-0.2, 0) is 25.4 Å². The maximum Gasteiger partial charge on any atom is 0.332 e. The minimum atomic E-state index is -0.537. The molecule has 30 heavy (non-hydrogen) atoms. The predicted molar refractivity (Wildman–Crippen MR) is 108 cm³/mol. The fraction of sp³-hybridized carbons (Fsp3) is 0.158. The number of aromatic hydroxyl groups is 1. The molecule has 0 saturated carbocycles. The molecule has 1 aromatic carbocycles. The van der Waals surface area contributed by atoms with Gasteiger partial charge in [0.05, 0.1) is 12.0 Å². The van der Waals surface area contributed by atoms with E-state index in [1.54, 1.807) is 36.4 Å². The van der Waals surface area contributed by atoms with Gasteiger partial charge in [-0.2, -0.15) is 0 Å². The van der Waals surface area contributed by atoms with Crippen LogP contribution in [0.1, 0.15) is 0 Å². The average Bonchev–Trinajstić information content (AvgIpc) is 3.15. The van der Waals surface area contributed by atoms with Crippen LogP contribution < -0.4 is 16.6 Å². The van der Waals surface area contributed by atoms with Gasteiger partial charge in [-0.25, -0.2) is 9.78 Å². The summed E-state index contributed by atoms with van der Waals surface area (Å²) in [5.41, 5.74) is 0.288. The first kappa shape index (κ1) is 19.1. The Balaban J connectivity index is 1.55. The summed E-state index contributed by atoms with van der Waals surface area (Å²) >= 11 is 0. The van der Waals surface area contributed by atoms with E-state index in [-0.39, 0.29) is 29.3 Å². The number of imidazole rings is 1. The highest BCUT2D eigenvalue weighted by molar-refractivity contribution is 5.90. The molecular weight excluding hydrogens is 390 g/mol. The van der Waals surface area contributed by atoms with E-state index in [9.17, 15) is 19.5 Å². The highest BCUT2D eigenvalue weighted by Gasteiger charge is 2.16. The van der Waals surface area contributed by atoms with Crippen molar-refractivity contribution in [2.75, 3.05) is 5.32 Å². The van der Waals surface area contributed by atoms with Crippen LogP contribution in [0.5, 0.6) is 5.75 Å². The van der Waals surface area contributed by atoms with Crippen LogP contribution in [-0.4, -0.2) is 39.9 Å². The average molecular weight is 407 g/mol. The third kappa shape index (κ3) is 3.21. The molecule has 1 amide bonds. The molecule has 0 aliphatic rings. The fourth-order valence-corrected chi connectivity index (χ4v) is 3.09. The van der Waals surface area contributed by atoms with Gasteiger partial charge in [0.15, 0.2) is 17.0 Å². The number of rotatable bonds is 4. The normalized spacial score (nSPS) is 11.0. The second kappa shape index (κ2) is 7.28. The molecule has 2 N–H and O–H groups in total. The number of benzene rings is 1. The maximum atomic E-state index is 12.4. The largest absolute Gasteiger partial charge is 0.507 e. The van der Waals surface area contributed by atoms with Crippen LogP contribution >= 0.6 is 0 Å². The van der Waals surface area contributed by atoms with Gasteiger partial charge in [-0.05, 0) is 24.3 Å². The zero-order chi connectivity index (χ0) is 21.4. The zero-order valence-corrected chi connectivity index (χ0v) is 16.1. The van der Waals surface area contributed by atoms with E-state index in [0.29, 0.717) is 11.3 Å². The fourth-order valence-electron chi connectivity index (χ4n) is 3.09. The minimum absolute atomic E-state index is 0.0755. The van der Waals surface area contributed by atoms with Gasteiger partial charge < -0.3 is 15.0 Å². The summed E-state index contributed by atoms with van der Waals surface area (Å²) in [7, 11) is 2.87. The molecule has 0 saturated heterocycles. The Morgan fingerprint density at radius 1 is 1.07 bits per heavy atom. The summed E-state index contributed by atoms with van der Waals surface area (Å²) in [4.78, 5) is 40.9. The molecule has 3 heterocycles. The number of carbonyl (C=O) groups excluding carboxylic acids is 1. The first-order valence-electron chi connectivity index (χ1n) is 8.89. The van der Waals surface area contributed by atoms with Crippen molar-refractivity contribution in [2.24, 2.45) is 14.1 Å². The van der Waals surface area contributed by atoms with Crippen molar-refractivity contribution >= 4 is 22.9 Å². The second-order valence-electron chi connectivity index (χ2n) is 6.62. The van der Waals surface area contributed by atoms with E-state index in [1.807, 2.05) is 0 Å². The number of carbonyl (C=O) groups is 1. The van der Waals surface area contributed by atoms with Crippen LogP contribution in [0.2, 0.25) is 0 Å². The van der Waals surface area contributed by atoms with E-state index < -0.39 is 17.2 Å². The van der Waals surface area contributed by atoms with E-state index in [4.69, 9.17) is 0 Å². The first-order valence-corrected chi connectivity index (χ1v) is 8.89. The van der Waals surface area contributed by atoms with Crippen molar-refractivity contribution < 1.29 is 9.90 Å². The highest BCUT2D eigenvalue weighted by atomic mass is 16.3. The van der Waals surface area contributed by atoms with Crippen LogP contribution in [0.25, 0.3) is 22.4 Å². The molecule has 0 aliphatic heterocycles. The van der Waals surface area contributed by atoms with Gasteiger partial charge in [-0.1, -0.05) is 12.1 Å². The van der Waals surface area contributed by atoms with E-state index in [1.165, 1.54) is 29.6 Å². The van der Waals surface area contributed by atoms with Crippen molar-refractivity contribution in [2.45, 2.75) is 6.54 Å². The van der Waals surface area contributed by atoms with Crippen LogP contribution in [0.4, 0.5) is 5.82 Å². The number of fused-ring (bicyclic) bond motifs is 1. The van der Waals surface area contributed by atoms with Crippen molar-refractivity contribution in [1.29, 1.82) is 0 Å². The maximum absolute atomic E-state index is 12.4. The quantitative estimate of drug-likeness (QED) is 0.494. The lowest BCUT2D eigenvalue weighted by Gasteiger charge is -2.08. The number of hydrogen-bond donors (Lipinski definition) is 2. The van der Waals surface area contributed by atoms with Gasteiger partial charge in [0, 0.05) is 19.7 Å². The van der Waals surface area contributed by atoms with Gasteiger partial charge in [-0.3, -0.25) is 18.7 Å². The van der Waals surface area contributed by atoms with Gasteiger partial charge in [-0.15, -0.1) is 10.2 Å². The molecule has 11 heteroatoms. The number of para-hydroxylation sites is 1. The first-order chi connectivity index (χ1) is 14.4. The number of nitrogens with zero attached hydrogens (tertiary/aromatic N) is 6. The van der Waals surface area contributed by atoms with Gasteiger partial charge in [0.25, 0.3) is 5.56 Å². The number of amides is 1. The van der Waals surface area contributed by atoms with Crippen LogP contribution in [0, 0.1) is 0 Å². The third-order valence-corrected chi connectivity index (χ3v) is 4.64. The second-order valence-corrected chi connectivity index (χ2v) is 6.62. The summed E-state index contributed by atoms with van der Waals surface area (Å²) in [5, 5.41) is 20.5. The number of nitrogens with one attached hydrogen (secondary N) is 1. The number of aryl methyl sites for hydroxylation is 1. The Bertz CT molecular complexity index is 1380. The monoisotopic (exact) mass is 407 g/mol. The standard InChI is InChI=1S/C19H17N7O4/c1-24-17-16(18(29)25(2)19(24)30)26(10-20-17)9-15(28)21-14-8-7-12(22-23-14)11-5-3-4-6-13(11)27/h3-8,10,27H,9H2,1-2H3,(H,21,23,28). The number of aromatic nitrogens is 6. The number of phenols is 1. The van der Waals surface area contributed by atoms with E-state index in [2.05, 4.69) is 20.5 Å². The Hall–Kier alpha value is -4.28. The molecule has 0 fully saturated rings. The summed E-state index contributed by atoms with van der Waals surface area (Å²) in [6.07, 6.45) is 1.33. The molecule has 4 aromatic rings. The van der Waals surface area contributed by atoms with Crippen molar-refractivity contribution in [3.63, 3.8) is 0 Å². The van der Waals surface area contributed by atoms with Crippen molar-refractivity contribution in [3.8, 4) is 17.0 Å². The lowest BCUT2D eigenvalue weighted by molar-refractivity contribution is -0.116. The Labute approximate surface area is 168 Å². The molecule has 0 bridgehead atoms. The van der Waals surface area contributed by atoms with E-state index in [0.717, 1.165) is 4.57 Å². The summed E-state index contributed by atoms with van der Waals surface area (Å²) < 4.78 is 3.58. The predicted octanol–water partition coefficient (Wildman–Crippen LogP) is 0.235. The summed E-state index contributed by atoms with van der Waals surface area (Å²) in [6, 6.07) is 9.89. The lowest BCUT2D eigenvalue weighted by Crippen LogP contribution is -2.37. The number of hydrogen-bond acceptors (Lipinski definition) is 7. The van der Waals surface area contributed by atoms with Gasteiger partial charge in [0.1, 0.15) is 12.3 Å². The number of anilines is 1. The molecule has 3 aromatic heterocycles. The van der Waals surface area contributed by atoms with Crippen molar-refractivity contribution in [1.82, 2.24) is 28.9 Å². The molecule has 0 unspecified atom stereocenters. The number of phenolic OH excluding ortho intramolecular Hbond substituents is 1. The molecule has 0 aliphatic carbocycles. The Morgan fingerprint density at radius 2 is 1.83 bits per heavy atom. The Morgan fingerprint density at radius 3 is 2.53 bits per heavy atom. The highest BCUT2D eigenvalue weighted by Crippen LogP contribution is 2.26. The SMILES string of the molecule is Cn1c(=O)c2c(ncn2CC(=O)Nc2ccc(-c3ccccc3O)nn2)n(C)c1=O. The van der Waals surface area contributed by atoms with Gasteiger partial charge in [0.2, 0.25) is 5.91 Å².